The van der Waals surface area contributed by atoms with E-state index in [-0.39, 0.29) is 11.9 Å². The van der Waals surface area contributed by atoms with Crippen LogP contribution in [0.25, 0.3) is 0 Å². The molecule has 5 nitrogen and oxygen atoms in total. The highest BCUT2D eigenvalue weighted by atomic mass is 79.9. The number of halogens is 1. The molecule has 0 spiro atoms. The number of carbonyl (C=O) groups is 2. The molecule has 1 heterocycles. The van der Waals surface area contributed by atoms with Crippen LogP contribution in [0.5, 0.6) is 0 Å². The SMILES string of the molecule is CC1=C(C(=O)Nc2cccc(C)c2)C(c2ccc(Br)cc2)NC(=O)N1C. The summed E-state index contributed by atoms with van der Waals surface area (Å²) in [6.07, 6.45) is 0. The molecule has 26 heavy (non-hydrogen) atoms. The predicted molar refractivity (Wildman–Crippen MR) is 106 cm³/mol. The molecule has 0 saturated carbocycles. The Morgan fingerprint density at radius 3 is 2.50 bits per heavy atom. The van der Waals surface area contributed by atoms with Crippen LogP contribution in [0.15, 0.2) is 64.3 Å². The van der Waals surface area contributed by atoms with Gasteiger partial charge in [0.05, 0.1) is 11.6 Å². The minimum atomic E-state index is -0.503. The zero-order valence-electron chi connectivity index (χ0n) is 14.8. The van der Waals surface area contributed by atoms with Crippen molar-refractivity contribution in [3.8, 4) is 0 Å². The number of aryl methyl sites for hydroxylation is 1. The quantitative estimate of drug-likeness (QED) is 0.784. The topological polar surface area (TPSA) is 61.4 Å². The predicted octanol–water partition coefficient (Wildman–Crippen LogP) is 4.37. The van der Waals surface area contributed by atoms with E-state index < -0.39 is 6.04 Å². The highest BCUT2D eigenvalue weighted by molar-refractivity contribution is 9.10. The van der Waals surface area contributed by atoms with E-state index in [1.807, 2.05) is 55.5 Å². The van der Waals surface area contributed by atoms with Gasteiger partial charge in [0.15, 0.2) is 0 Å². The second kappa shape index (κ2) is 7.33. The molecule has 1 atom stereocenters. The molecule has 2 N–H and O–H groups in total. The van der Waals surface area contributed by atoms with Gasteiger partial charge in [0.2, 0.25) is 0 Å². The van der Waals surface area contributed by atoms with Crippen LogP contribution in [0, 0.1) is 6.92 Å². The monoisotopic (exact) mass is 413 g/mol. The Balaban J connectivity index is 1.99. The van der Waals surface area contributed by atoms with E-state index >= 15 is 0 Å². The summed E-state index contributed by atoms with van der Waals surface area (Å²) in [6.45, 7) is 3.76. The minimum absolute atomic E-state index is 0.229. The van der Waals surface area contributed by atoms with Crippen LogP contribution in [-0.4, -0.2) is 23.9 Å². The number of hydrogen-bond acceptors (Lipinski definition) is 2. The molecule has 3 amide bonds. The van der Waals surface area contributed by atoms with E-state index in [1.165, 1.54) is 4.90 Å². The van der Waals surface area contributed by atoms with Gasteiger partial charge in [0.1, 0.15) is 0 Å². The Kier molecular flexibility index (Phi) is 5.13. The summed E-state index contributed by atoms with van der Waals surface area (Å²) in [5, 5.41) is 5.86. The molecule has 2 aromatic rings. The van der Waals surface area contributed by atoms with Crippen LogP contribution >= 0.6 is 15.9 Å². The Morgan fingerprint density at radius 1 is 1.15 bits per heavy atom. The molecule has 134 valence electrons. The lowest BCUT2D eigenvalue weighted by molar-refractivity contribution is -0.113. The number of carbonyl (C=O) groups excluding carboxylic acids is 2. The summed E-state index contributed by atoms with van der Waals surface area (Å²) in [5.74, 6) is -0.229. The first kappa shape index (κ1) is 18.2. The van der Waals surface area contributed by atoms with Crippen molar-refractivity contribution < 1.29 is 9.59 Å². The lowest BCUT2D eigenvalue weighted by atomic mass is 9.94. The van der Waals surface area contributed by atoms with Crippen LogP contribution in [0.2, 0.25) is 0 Å². The fourth-order valence-electron chi connectivity index (χ4n) is 2.96. The summed E-state index contributed by atoms with van der Waals surface area (Å²) in [4.78, 5) is 26.8. The first-order chi connectivity index (χ1) is 12.4. The van der Waals surface area contributed by atoms with Crippen molar-refractivity contribution in [2.24, 2.45) is 0 Å². The molecule has 1 unspecified atom stereocenters. The highest BCUT2D eigenvalue weighted by Gasteiger charge is 2.34. The zero-order chi connectivity index (χ0) is 18.8. The number of allylic oxidation sites excluding steroid dienone is 1. The van der Waals surface area contributed by atoms with E-state index in [2.05, 4.69) is 26.6 Å². The standard InChI is InChI=1S/C20H20BrN3O2/c1-12-5-4-6-16(11-12)22-19(25)17-13(2)24(3)20(26)23-18(17)14-7-9-15(21)10-8-14/h4-11,18H,1-3H3,(H,22,25)(H,23,26). The Hall–Kier alpha value is -2.60. The normalized spacial score (nSPS) is 17.2. The van der Waals surface area contributed by atoms with Crippen LogP contribution in [0.1, 0.15) is 24.1 Å². The Labute approximate surface area is 161 Å². The minimum Gasteiger partial charge on any atom is -0.327 e. The molecule has 6 heteroatoms. The summed E-state index contributed by atoms with van der Waals surface area (Å²) >= 11 is 3.41. The van der Waals surface area contributed by atoms with E-state index in [1.54, 1.807) is 14.0 Å². The van der Waals surface area contributed by atoms with Gasteiger partial charge < -0.3 is 15.5 Å². The van der Waals surface area contributed by atoms with Gasteiger partial charge in [0.25, 0.3) is 5.91 Å². The Bertz CT molecular complexity index is 890. The lowest BCUT2D eigenvalue weighted by Crippen LogP contribution is -2.46. The molecular formula is C20H20BrN3O2. The van der Waals surface area contributed by atoms with Crippen molar-refractivity contribution >= 4 is 33.6 Å². The van der Waals surface area contributed by atoms with Gasteiger partial charge >= 0.3 is 6.03 Å². The maximum Gasteiger partial charge on any atom is 0.322 e. The smallest absolute Gasteiger partial charge is 0.322 e. The number of hydrogen-bond donors (Lipinski definition) is 2. The van der Waals surface area contributed by atoms with E-state index in [0.717, 1.165) is 21.3 Å². The number of urea groups is 1. The number of anilines is 1. The van der Waals surface area contributed by atoms with Crippen molar-refractivity contribution in [1.29, 1.82) is 0 Å². The number of nitrogens with one attached hydrogen (secondary N) is 2. The molecule has 2 aromatic carbocycles. The molecule has 0 radical (unpaired) electrons. The number of nitrogens with zero attached hydrogens (tertiary/aromatic N) is 1. The number of amides is 3. The first-order valence-electron chi connectivity index (χ1n) is 8.25. The maximum absolute atomic E-state index is 13.0. The molecule has 1 aliphatic rings. The average Bonchev–Trinajstić information content (AvgIpc) is 2.60. The van der Waals surface area contributed by atoms with Crippen molar-refractivity contribution in [3.63, 3.8) is 0 Å². The molecule has 0 aliphatic carbocycles. The molecule has 1 aliphatic heterocycles. The van der Waals surface area contributed by atoms with Gasteiger partial charge in [-0.15, -0.1) is 0 Å². The van der Waals surface area contributed by atoms with Crippen molar-refractivity contribution in [1.82, 2.24) is 10.2 Å². The summed E-state index contributed by atoms with van der Waals surface area (Å²) < 4.78 is 0.937. The molecule has 0 fully saturated rings. The summed E-state index contributed by atoms with van der Waals surface area (Å²) in [5.41, 5.74) is 3.79. The average molecular weight is 414 g/mol. The largest absolute Gasteiger partial charge is 0.327 e. The lowest BCUT2D eigenvalue weighted by Gasteiger charge is -2.33. The highest BCUT2D eigenvalue weighted by Crippen LogP contribution is 2.31. The van der Waals surface area contributed by atoms with Crippen LogP contribution in [0.4, 0.5) is 10.5 Å². The fourth-order valence-corrected chi connectivity index (χ4v) is 3.22. The maximum atomic E-state index is 13.0. The molecular weight excluding hydrogens is 394 g/mol. The Morgan fingerprint density at radius 2 is 1.85 bits per heavy atom. The van der Waals surface area contributed by atoms with Gasteiger partial charge in [-0.1, -0.05) is 40.2 Å². The number of rotatable bonds is 3. The second-order valence-corrected chi connectivity index (χ2v) is 7.23. The first-order valence-corrected chi connectivity index (χ1v) is 9.04. The third kappa shape index (κ3) is 3.65. The van der Waals surface area contributed by atoms with Gasteiger partial charge in [-0.05, 0) is 49.2 Å². The summed E-state index contributed by atoms with van der Waals surface area (Å²) in [7, 11) is 1.66. The van der Waals surface area contributed by atoms with Crippen molar-refractivity contribution in [3.05, 3.63) is 75.4 Å². The van der Waals surface area contributed by atoms with Gasteiger partial charge in [-0.3, -0.25) is 4.79 Å². The van der Waals surface area contributed by atoms with Crippen LogP contribution < -0.4 is 10.6 Å². The van der Waals surface area contributed by atoms with Gasteiger partial charge in [-0.25, -0.2) is 4.79 Å². The van der Waals surface area contributed by atoms with Crippen LogP contribution in [0.3, 0.4) is 0 Å². The van der Waals surface area contributed by atoms with Crippen molar-refractivity contribution in [2.75, 3.05) is 12.4 Å². The molecule has 3 rings (SSSR count). The van der Waals surface area contributed by atoms with E-state index in [0.29, 0.717) is 11.3 Å². The van der Waals surface area contributed by atoms with Gasteiger partial charge in [0, 0.05) is 22.9 Å². The third-order valence-electron chi connectivity index (χ3n) is 4.48. The summed E-state index contributed by atoms with van der Waals surface area (Å²) in [6, 6.07) is 14.5. The van der Waals surface area contributed by atoms with E-state index in [4.69, 9.17) is 0 Å². The van der Waals surface area contributed by atoms with E-state index in [9.17, 15) is 9.59 Å². The zero-order valence-corrected chi connectivity index (χ0v) is 16.4. The second-order valence-electron chi connectivity index (χ2n) is 6.32. The molecule has 0 saturated heterocycles. The van der Waals surface area contributed by atoms with Crippen LogP contribution in [-0.2, 0) is 4.79 Å². The fraction of sp³-hybridized carbons (Fsp3) is 0.200. The van der Waals surface area contributed by atoms with Crippen molar-refractivity contribution in [2.45, 2.75) is 19.9 Å². The number of benzene rings is 2. The van der Waals surface area contributed by atoms with Gasteiger partial charge in [-0.2, -0.15) is 0 Å². The molecule has 0 bridgehead atoms. The molecule has 0 aromatic heterocycles. The third-order valence-corrected chi connectivity index (χ3v) is 5.01.